The van der Waals surface area contributed by atoms with Gasteiger partial charge in [-0.05, 0) is 41.5 Å². The molecule has 0 aliphatic carbocycles. The summed E-state index contributed by atoms with van der Waals surface area (Å²) >= 11 is 0. The van der Waals surface area contributed by atoms with Gasteiger partial charge in [-0.3, -0.25) is 0 Å². The molecule has 0 radical (unpaired) electrons. The van der Waals surface area contributed by atoms with E-state index in [9.17, 15) is 21.2 Å². The molecule has 4 rings (SSSR count). The number of aromatic nitrogens is 2. The summed E-state index contributed by atoms with van der Waals surface area (Å²) in [6.45, 7) is 1.98. The van der Waals surface area contributed by atoms with Gasteiger partial charge in [0.25, 0.3) is 10.2 Å². The second-order valence-electron chi connectivity index (χ2n) is 8.28. The summed E-state index contributed by atoms with van der Waals surface area (Å²) in [5.41, 5.74) is 3.19. The number of benzene rings is 3. The fraction of sp³-hybridized carbons (Fsp3) is 0.120. The summed E-state index contributed by atoms with van der Waals surface area (Å²) in [5, 5.41) is 11.2. The molecule has 11 nitrogen and oxygen atoms in total. The number of hydrogen-bond acceptors (Lipinski definition) is 8. The number of nitrogens with one attached hydrogen (secondary N) is 4. The number of hydrogen-bond donors (Lipinski definition) is 5. The Morgan fingerprint density at radius 2 is 1.64 bits per heavy atom. The molecule has 0 atom stereocenters. The Morgan fingerprint density at radius 3 is 2.36 bits per heavy atom. The molecule has 0 aliphatic heterocycles. The van der Waals surface area contributed by atoms with E-state index in [-0.39, 0.29) is 29.8 Å². The maximum absolute atomic E-state index is 14.6. The molecule has 4 aromatic rings. The largest absolute Gasteiger partial charge is 0.338 e. The standard InChI is InChI=1S/C25H26FN7O4S2/c1-2-29-39(36,37)30-15-17-6-5-7-19(14-17)31-24-22(26)16-28-25(33-24)32-23-9-4-3-8-21(23)18-10-12-20(13-11-18)38(27,34)35/h3-14,16,29-30H,2,15H2,1H3,(H2,27,34,35)(H2,28,31,32,33). The Morgan fingerprint density at radius 1 is 0.897 bits per heavy atom. The number of sulfonamides is 1. The predicted molar refractivity (Wildman–Crippen MR) is 148 cm³/mol. The lowest BCUT2D eigenvalue weighted by Crippen LogP contribution is -2.35. The Balaban J connectivity index is 1.53. The molecule has 0 fully saturated rings. The number of primary sulfonamides is 1. The van der Waals surface area contributed by atoms with Gasteiger partial charge in [-0.25, -0.2) is 27.7 Å². The number of nitrogens with zero attached hydrogens (tertiary/aromatic N) is 2. The quantitative estimate of drug-likeness (QED) is 0.183. The van der Waals surface area contributed by atoms with E-state index in [1.807, 2.05) is 12.1 Å². The van der Waals surface area contributed by atoms with E-state index in [4.69, 9.17) is 5.14 Å². The smallest absolute Gasteiger partial charge is 0.277 e. The molecule has 3 aromatic carbocycles. The number of para-hydroxylation sites is 1. The van der Waals surface area contributed by atoms with Crippen molar-refractivity contribution in [2.45, 2.75) is 18.4 Å². The zero-order chi connectivity index (χ0) is 28.0. The fourth-order valence-corrected chi connectivity index (χ4v) is 4.97. The molecule has 14 heteroatoms. The summed E-state index contributed by atoms with van der Waals surface area (Å²) in [6, 6.07) is 20.1. The van der Waals surface area contributed by atoms with E-state index < -0.39 is 26.0 Å². The summed E-state index contributed by atoms with van der Waals surface area (Å²) < 4.78 is 66.2. The van der Waals surface area contributed by atoms with Crippen LogP contribution in [-0.4, -0.2) is 33.3 Å². The van der Waals surface area contributed by atoms with Crippen LogP contribution in [0.5, 0.6) is 0 Å². The van der Waals surface area contributed by atoms with Crippen molar-refractivity contribution in [1.82, 2.24) is 19.4 Å². The maximum atomic E-state index is 14.6. The van der Waals surface area contributed by atoms with Gasteiger partial charge < -0.3 is 10.6 Å². The number of rotatable bonds is 11. The van der Waals surface area contributed by atoms with Crippen LogP contribution in [0.1, 0.15) is 12.5 Å². The second-order valence-corrected chi connectivity index (χ2v) is 11.4. The van der Waals surface area contributed by atoms with Crippen molar-refractivity contribution in [2.75, 3.05) is 17.2 Å². The normalized spacial score (nSPS) is 11.8. The van der Waals surface area contributed by atoms with Gasteiger partial charge in [0.15, 0.2) is 11.6 Å². The van der Waals surface area contributed by atoms with E-state index >= 15 is 0 Å². The van der Waals surface area contributed by atoms with Crippen molar-refractivity contribution in [1.29, 1.82) is 0 Å². The Bertz CT molecular complexity index is 1680. The van der Waals surface area contributed by atoms with Crippen molar-refractivity contribution in [3.05, 3.63) is 90.4 Å². The van der Waals surface area contributed by atoms with E-state index in [2.05, 4.69) is 30.0 Å². The van der Waals surface area contributed by atoms with Crippen molar-refractivity contribution in [3.63, 3.8) is 0 Å². The van der Waals surface area contributed by atoms with Gasteiger partial charge in [0.1, 0.15) is 0 Å². The molecule has 0 saturated heterocycles. The van der Waals surface area contributed by atoms with Crippen molar-refractivity contribution in [2.24, 2.45) is 5.14 Å². The third-order valence-electron chi connectivity index (χ3n) is 5.40. The minimum atomic E-state index is -3.82. The van der Waals surface area contributed by atoms with Crippen molar-refractivity contribution < 1.29 is 21.2 Å². The van der Waals surface area contributed by atoms with Crippen LogP contribution in [0.2, 0.25) is 0 Å². The van der Waals surface area contributed by atoms with Crippen LogP contribution < -0.4 is 25.2 Å². The van der Waals surface area contributed by atoms with E-state index in [1.54, 1.807) is 55.5 Å². The van der Waals surface area contributed by atoms with Crippen molar-refractivity contribution in [3.8, 4) is 11.1 Å². The summed E-state index contributed by atoms with van der Waals surface area (Å²) in [4.78, 5) is 8.28. The van der Waals surface area contributed by atoms with Gasteiger partial charge in [0.05, 0.1) is 11.1 Å². The monoisotopic (exact) mass is 571 g/mol. The van der Waals surface area contributed by atoms with E-state index in [0.29, 0.717) is 22.5 Å². The Labute approximate surface area is 225 Å². The first kappa shape index (κ1) is 28.1. The summed E-state index contributed by atoms with van der Waals surface area (Å²) in [6.07, 6.45) is 1.02. The van der Waals surface area contributed by atoms with Crippen LogP contribution in [0.3, 0.4) is 0 Å². The molecule has 6 N–H and O–H groups in total. The molecule has 0 amide bonds. The van der Waals surface area contributed by atoms with Crippen molar-refractivity contribution >= 4 is 43.4 Å². The van der Waals surface area contributed by atoms with Crippen LogP contribution in [0.4, 0.5) is 27.5 Å². The highest BCUT2D eigenvalue weighted by molar-refractivity contribution is 7.89. The fourth-order valence-electron chi connectivity index (χ4n) is 3.62. The van der Waals surface area contributed by atoms with Crippen LogP contribution in [0.15, 0.2) is 83.9 Å². The van der Waals surface area contributed by atoms with Crippen LogP contribution in [0.25, 0.3) is 11.1 Å². The molecule has 0 aliphatic rings. The number of halogens is 1. The molecule has 0 spiro atoms. The van der Waals surface area contributed by atoms with Gasteiger partial charge in [0, 0.05) is 30.0 Å². The molecule has 0 unspecified atom stereocenters. The Hall–Kier alpha value is -3.95. The lowest BCUT2D eigenvalue weighted by molar-refractivity contribution is 0.568. The van der Waals surface area contributed by atoms with E-state index in [0.717, 1.165) is 11.8 Å². The minimum Gasteiger partial charge on any atom is -0.338 e. The predicted octanol–water partition coefficient (Wildman–Crippen LogP) is 3.36. The SMILES string of the molecule is CCNS(=O)(=O)NCc1cccc(Nc2nc(Nc3ccccc3-c3ccc(S(N)(=O)=O)cc3)ncc2F)c1. The molecule has 204 valence electrons. The first-order valence-electron chi connectivity index (χ1n) is 11.7. The van der Waals surface area contributed by atoms with E-state index in [1.165, 1.54) is 12.1 Å². The zero-order valence-corrected chi connectivity index (χ0v) is 22.4. The summed E-state index contributed by atoms with van der Waals surface area (Å²) in [5.74, 6) is -0.666. The third-order valence-corrected chi connectivity index (χ3v) is 7.52. The second kappa shape index (κ2) is 11.8. The van der Waals surface area contributed by atoms with Gasteiger partial charge in [0.2, 0.25) is 16.0 Å². The van der Waals surface area contributed by atoms with Crippen LogP contribution in [0, 0.1) is 5.82 Å². The maximum Gasteiger partial charge on any atom is 0.277 e. The highest BCUT2D eigenvalue weighted by Gasteiger charge is 2.13. The molecular formula is C25H26FN7O4S2. The highest BCUT2D eigenvalue weighted by atomic mass is 32.2. The average Bonchev–Trinajstić information content (AvgIpc) is 2.90. The molecule has 39 heavy (non-hydrogen) atoms. The van der Waals surface area contributed by atoms with Crippen LogP contribution in [-0.2, 0) is 26.8 Å². The average molecular weight is 572 g/mol. The van der Waals surface area contributed by atoms with Gasteiger partial charge in [-0.2, -0.15) is 18.1 Å². The number of anilines is 4. The number of nitrogens with two attached hydrogens (primary N) is 1. The lowest BCUT2D eigenvalue weighted by Gasteiger charge is -2.13. The molecular weight excluding hydrogens is 545 g/mol. The first-order chi connectivity index (χ1) is 18.5. The van der Waals surface area contributed by atoms with Gasteiger partial charge >= 0.3 is 0 Å². The van der Waals surface area contributed by atoms with Gasteiger partial charge in [-0.15, -0.1) is 0 Å². The first-order valence-corrected chi connectivity index (χ1v) is 14.7. The molecule has 1 heterocycles. The molecule has 1 aromatic heterocycles. The highest BCUT2D eigenvalue weighted by Crippen LogP contribution is 2.30. The molecule has 0 bridgehead atoms. The van der Waals surface area contributed by atoms with Gasteiger partial charge in [-0.1, -0.05) is 49.4 Å². The molecule has 0 saturated carbocycles. The zero-order valence-electron chi connectivity index (χ0n) is 20.7. The lowest BCUT2D eigenvalue weighted by atomic mass is 10.0. The Kier molecular flexibility index (Phi) is 8.52. The topological polar surface area (TPSA) is 168 Å². The third kappa shape index (κ3) is 7.55. The summed E-state index contributed by atoms with van der Waals surface area (Å²) in [7, 11) is -7.44. The van der Waals surface area contributed by atoms with Crippen LogP contribution >= 0.6 is 0 Å². The minimum absolute atomic E-state index is 0.00613.